The van der Waals surface area contributed by atoms with E-state index in [9.17, 15) is 8.42 Å². The van der Waals surface area contributed by atoms with Gasteiger partial charge in [0.05, 0.1) is 7.11 Å². The van der Waals surface area contributed by atoms with Gasteiger partial charge in [0.1, 0.15) is 18.1 Å². The zero-order chi connectivity index (χ0) is 16.3. The Morgan fingerprint density at radius 1 is 1.09 bits per heavy atom. The maximum Gasteiger partial charge on any atom is 0.397 e. The van der Waals surface area contributed by atoms with Crippen molar-refractivity contribution in [2.24, 2.45) is 7.05 Å². The van der Waals surface area contributed by atoms with Gasteiger partial charge in [-0.25, -0.2) is 4.98 Å². The molecule has 6 nitrogen and oxygen atoms in total. The Balaban J connectivity index is 0.000000254. The van der Waals surface area contributed by atoms with Crippen LogP contribution in [0.5, 0.6) is 0 Å². The van der Waals surface area contributed by atoms with E-state index in [0.29, 0.717) is 0 Å². The van der Waals surface area contributed by atoms with Crippen LogP contribution in [0.15, 0.2) is 42.5 Å². The molecule has 2 aromatic carbocycles. The maximum absolute atomic E-state index is 9.33. The first kappa shape index (κ1) is 16.3. The summed E-state index contributed by atoms with van der Waals surface area (Å²) in [5.74, 6) is 0. The molecule has 0 unspecified atom stereocenters. The average molecular weight is 321 g/mol. The largest absolute Gasteiger partial charge is 0.397 e. The summed E-state index contributed by atoms with van der Waals surface area (Å²) in [5.41, 5.74) is 5.70. The molecular weight excluding hydrogens is 304 g/mol. The summed E-state index contributed by atoms with van der Waals surface area (Å²) in [7, 11) is -1.20. The summed E-state index contributed by atoms with van der Waals surface area (Å²) in [6.45, 7) is 2.10. The Morgan fingerprint density at radius 2 is 1.68 bits per heavy atom. The van der Waals surface area contributed by atoms with E-state index in [-0.39, 0.29) is 0 Å². The fourth-order valence-electron chi connectivity index (χ4n) is 2.15. The highest BCUT2D eigenvalue weighted by Gasteiger charge is 2.12. The Bertz CT molecular complexity index is 923. The summed E-state index contributed by atoms with van der Waals surface area (Å²) < 4.78 is 31.9. The van der Waals surface area contributed by atoms with Crippen molar-refractivity contribution >= 4 is 32.5 Å². The highest BCUT2D eigenvalue weighted by atomic mass is 32.3. The molecular formula is C15H17N2O4S+. The van der Waals surface area contributed by atoms with Crippen molar-refractivity contribution in [1.82, 2.24) is 4.98 Å². The van der Waals surface area contributed by atoms with Gasteiger partial charge >= 0.3 is 10.4 Å². The third kappa shape index (κ3) is 3.56. The number of hydrogen-bond donors (Lipinski definition) is 1. The molecule has 0 spiro atoms. The predicted octanol–water partition coefficient (Wildman–Crippen LogP) is 1.96. The molecule has 1 heterocycles. The van der Waals surface area contributed by atoms with Crippen LogP contribution in [0.2, 0.25) is 0 Å². The van der Waals surface area contributed by atoms with Crippen molar-refractivity contribution in [1.29, 1.82) is 0 Å². The molecule has 3 rings (SSSR count). The fourth-order valence-corrected chi connectivity index (χ4v) is 2.15. The first-order valence-corrected chi connectivity index (χ1v) is 7.87. The summed E-state index contributed by atoms with van der Waals surface area (Å²) in [6, 6.07) is 14.5. The van der Waals surface area contributed by atoms with Gasteiger partial charge < -0.3 is 0 Å². The molecule has 116 valence electrons. The van der Waals surface area contributed by atoms with E-state index in [1.807, 2.05) is 12.1 Å². The van der Waals surface area contributed by atoms with E-state index in [4.69, 9.17) is 9.54 Å². The predicted molar refractivity (Wildman–Crippen MR) is 83.7 cm³/mol. The normalized spacial score (nSPS) is 11.3. The van der Waals surface area contributed by atoms with E-state index in [0.717, 1.165) is 18.1 Å². The van der Waals surface area contributed by atoms with Crippen molar-refractivity contribution in [3.63, 3.8) is 0 Å². The van der Waals surface area contributed by atoms with Crippen molar-refractivity contribution in [2.45, 2.75) is 6.92 Å². The lowest BCUT2D eigenvalue weighted by atomic mass is 10.2. The zero-order valence-corrected chi connectivity index (χ0v) is 13.3. The molecule has 3 aromatic rings. The molecule has 7 heteroatoms. The highest BCUT2D eigenvalue weighted by Crippen LogP contribution is 2.16. The second-order valence-electron chi connectivity index (χ2n) is 4.70. The fraction of sp³-hybridized carbons (Fsp3) is 0.200. The van der Waals surface area contributed by atoms with Crippen LogP contribution < -0.4 is 4.57 Å². The van der Waals surface area contributed by atoms with Crippen LogP contribution in [0.4, 0.5) is 0 Å². The van der Waals surface area contributed by atoms with Gasteiger partial charge in [-0.15, -0.1) is 0 Å². The maximum atomic E-state index is 9.33. The van der Waals surface area contributed by atoms with E-state index >= 15 is 0 Å². The summed E-state index contributed by atoms with van der Waals surface area (Å²) in [4.78, 5) is 4.72. The van der Waals surface area contributed by atoms with Crippen LogP contribution >= 0.6 is 0 Å². The van der Waals surface area contributed by atoms with Gasteiger partial charge in [-0.3, -0.25) is 8.74 Å². The number of aryl methyl sites for hydroxylation is 2. The zero-order valence-electron chi connectivity index (χ0n) is 12.5. The third-order valence-electron chi connectivity index (χ3n) is 3.26. The second kappa shape index (κ2) is 6.35. The van der Waals surface area contributed by atoms with Gasteiger partial charge in [-0.05, 0) is 18.6 Å². The van der Waals surface area contributed by atoms with Crippen LogP contribution in [-0.2, 0) is 21.6 Å². The van der Waals surface area contributed by atoms with Gasteiger partial charge in [0.15, 0.2) is 0 Å². The third-order valence-corrected chi connectivity index (χ3v) is 3.69. The van der Waals surface area contributed by atoms with Crippen LogP contribution in [0.3, 0.4) is 0 Å². The van der Waals surface area contributed by atoms with E-state index in [1.165, 1.54) is 16.6 Å². The number of benzene rings is 2. The number of nitrogens with zero attached hydrogens (tertiary/aromatic N) is 2. The highest BCUT2D eigenvalue weighted by molar-refractivity contribution is 7.80. The molecule has 0 bridgehead atoms. The summed E-state index contributed by atoms with van der Waals surface area (Å²) in [6.07, 6.45) is 0. The summed E-state index contributed by atoms with van der Waals surface area (Å²) in [5, 5.41) is 0. The minimum absolute atomic E-state index is 0.870. The molecule has 0 aliphatic heterocycles. The first-order chi connectivity index (χ1) is 10.3. The first-order valence-electron chi connectivity index (χ1n) is 6.50. The van der Waals surface area contributed by atoms with Crippen molar-refractivity contribution in [2.75, 3.05) is 7.11 Å². The molecule has 0 saturated carbocycles. The molecule has 0 amide bonds. The van der Waals surface area contributed by atoms with Crippen LogP contribution in [-0.4, -0.2) is 25.1 Å². The van der Waals surface area contributed by atoms with Gasteiger partial charge in [0, 0.05) is 12.1 Å². The number of rotatable bonds is 1. The SMILES string of the molecule is COS(=O)(=O)O.Cc1cccc2c1nc1ccccc1[n+]2C. The Labute approximate surface area is 128 Å². The van der Waals surface area contributed by atoms with Crippen LogP contribution in [0.25, 0.3) is 22.1 Å². The Hall–Kier alpha value is -2.09. The topological polar surface area (TPSA) is 80.4 Å². The van der Waals surface area contributed by atoms with E-state index in [1.54, 1.807) is 0 Å². The lowest BCUT2D eigenvalue weighted by Gasteiger charge is -2.02. The molecule has 1 N–H and O–H groups in total. The molecule has 0 saturated heterocycles. The number of fused-ring (bicyclic) bond motifs is 2. The molecule has 0 aliphatic carbocycles. The standard InChI is InChI=1S/C14H13N2.CH4O4S/c1-10-6-5-9-13-14(10)15-11-7-3-4-8-12(11)16(13)2;1-5-6(2,3)4/h3-9H,1-2H3;1H3,(H,2,3,4)/q+1;. The van der Waals surface area contributed by atoms with Gasteiger partial charge in [-0.1, -0.05) is 24.3 Å². The Morgan fingerprint density at radius 3 is 2.32 bits per heavy atom. The molecule has 0 fully saturated rings. The summed E-state index contributed by atoms with van der Waals surface area (Å²) >= 11 is 0. The van der Waals surface area contributed by atoms with Gasteiger partial charge in [0.2, 0.25) is 11.0 Å². The van der Waals surface area contributed by atoms with E-state index in [2.05, 4.69) is 53.1 Å². The van der Waals surface area contributed by atoms with Crippen LogP contribution in [0, 0.1) is 6.92 Å². The van der Waals surface area contributed by atoms with E-state index < -0.39 is 10.4 Å². The van der Waals surface area contributed by atoms with Gasteiger partial charge in [0.25, 0.3) is 0 Å². The molecule has 22 heavy (non-hydrogen) atoms. The lowest BCUT2D eigenvalue weighted by molar-refractivity contribution is -0.617. The van der Waals surface area contributed by atoms with Gasteiger partial charge in [-0.2, -0.15) is 13.0 Å². The molecule has 1 aromatic heterocycles. The molecule has 0 radical (unpaired) electrons. The second-order valence-corrected chi connectivity index (χ2v) is 5.89. The lowest BCUT2D eigenvalue weighted by Crippen LogP contribution is -2.30. The van der Waals surface area contributed by atoms with Crippen molar-refractivity contribution in [3.05, 3.63) is 48.0 Å². The Kier molecular flexibility index (Phi) is 4.70. The monoisotopic (exact) mass is 321 g/mol. The number of para-hydroxylation sites is 3. The minimum atomic E-state index is -4.16. The smallest absolute Gasteiger partial charge is 0.264 e. The van der Waals surface area contributed by atoms with Crippen LogP contribution in [0.1, 0.15) is 5.56 Å². The molecule has 0 atom stereocenters. The number of aromatic nitrogens is 2. The number of hydrogen-bond acceptors (Lipinski definition) is 4. The molecule has 0 aliphatic rings. The average Bonchev–Trinajstić information content (AvgIpc) is 2.49. The quantitative estimate of drug-likeness (QED) is 0.421. The van der Waals surface area contributed by atoms with Crippen molar-refractivity contribution < 1.29 is 21.7 Å². The minimum Gasteiger partial charge on any atom is -0.264 e. The van der Waals surface area contributed by atoms with Crippen molar-refractivity contribution in [3.8, 4) is 0 Å².